The first-order valence-electron chi connectivity index (χ1n) is 10.4. The average molecular weight is 408 g/mol. The molecule has 0 unspecified atom stereocenters. The largest absolute Gasteiger partial charge is 0.484 e. The van der Waals surface area contributed by atoms with Gasteiger partial charge in [0, 0.05) is 24.0 Å². The molecule has 30 heavy (non-hydrogen) atoms. The van der Waals surface area contributed by atoms with Gasteiger partial charge in [0.1, 0.15) is 12.4 Å². The summed E-state index contributed by atoms with van der Waals surface area (Å²) in [6.45, 7) is 6.29. The Morgan fingerprint density at radius 2 is 2.03 bits per heavy atom. The Hall–Kier alpha value is -3.15. The second-order valence-electron chi connectivity index (χ2n) is 7.43. The van der Waals surface area contributed by atoms with Crippen LogP contribution >= 0.6 is 0 Å². The van der Waals surface area contributed by atoms with Gasteiger partial charge < -0.3 is 9.47 Å². The number of ether oxygens (including phenoxy) is 2. The first kappa shape index (κ1) is 21.6. The molecule has 0 fully saturated rings. The van der Waals surface area contributed by atoms with Crippen molar-refractivity contribution >= 4 is 17.6 Å². The van der Waals surface area contributed by atoms with Gasteiger partial charge in [0.25, 0.3) is 11.9 Å². The summed E-state index contributed by atoms with van der Waals surface area (Å²) in [5.74, 6) is 0.473. The van der Waals surface area contributed by atoms with Crippen LogP contribution in [0.3, 0.4) is 0 Å². The van der Waals surface area contributed by atoms with E-state index in [0.29, 0.717) is 12.4 Å². The molecule has 0 aliphatic carbocycles. The molecule has 1 aliphatic heterocycles. The number of carbonyl (C=O) groups is 1. The Kier molecular flexibility index (Phi) is 7.60. The number of benzene rings is 1. The number of aromatic nitrogens is 1. The molecule has 1 aliphatic rings. The normalized spacial score (nSPS) is 13.3. The molecule has 1 amide bonds. The van der Waals surface area contributed by atoms with E-state index in [1.54, 1.807) is 17.3 Å². The number of hydrogen-bond acceptors (Lipinski definition) is 5. The summed E-state index contributed by atoms with van der Waals surface area (Å²) in [5.41, 5.74) is 2.90. The van der Waals surface area contributed by atoms with Crippen molar-refractivity contribution in [3.8, 4) is 5.75 Å². The molecule has 0 bridgehead atoms. The first-order chi connectivity index (χ1) is 14.6. The molecule has 0 atom stereocenters. The van der Waals surface area contributed by atoms with E-state index in [2.05, 4.69) is 29.0 Å². The molecular formula is C24H29N3O3. The van der Waals surface area contributed by atoms with E-state index < -0.39 is 0 Å². The topological polar surface area (TPSA) is 64.0 Å². The van der Waals surface area contributed by atoms with Gasteiger partial charge in [-0.05, 0) is 62.6 Å². The lowest BCUT2D eigenvalue weighted by molar-refractivity contribution is -0.131. The highest BCUT2D eigenvalue weighted by Crippen LogP contribution is 2.20. The van der Waals surface area contributed by atoms with Gasteiger partial charge in [-0.3, -0.25) is 14.7 Å². The maximum atomic E-state index is 12.9. The Morgan fingerprint density at radius 3 is 2.70 bits per heavy atom. The molecule has 0 N–H and O–H groups in total. The summed E-state index contributed by atoms with van der Waals surface area (Å²) in [7, 11) is 0. The van der Waals surface area contributed by atoms with E-state index in [4.69, 9.17) is 9.47 Å². The van der Waals surface area contributed by atoms with Crippen LogP contribution < -0.4 is 4.74 Å². The van der Waals surface area contributed by atoms with Gasteiger partial charge >= 0.3 is 0 Å². The van der Waals surface area contributed by atoms with Crippen molar-refractivity contribution in [2.45, 2.75) is 46.1 Å². The van der Waals surface area contributed by atoms with E-state index in [0.717, 1.165) is 17.7 Å². The van der Waals surface area contributed by atoms with Crippen molar-refractivity contribution < 1.29 is 14.3 Å². The lowest BCUT2D eigenvalue weighted by atomic mass is 10.1. The van der Waals surface area contributed by atoms with Gasteiger partial charge in [0.2, 0.25) is 0 Å². The molecule has 6 nitrogen and oxygen atoms in total. The average Bonchev–Trinajstić information content (AvgIpc) is 2.77. The second kappa shape index (κ2) is 10.6. The zero-order chi connectivity index (χ0) is 21.3. The molecule has 1 aromatic heterocycles. The van der Waals surface area contributed by atoms with Crippen LogP contribution in [0.1, 0.15) is 44.7 Å². The number of unbranched alkanes of at least 4 members (excludes halogenated alkanes) is 1. The predicted molar refractivity (Wildman–Crippen MR) is 118 cm³/mol. The summed E-state index contributed by atoms with van der Waals surface area (Å²) >= 11 is 0. The molecule has 2 heterocycles. The summed E-state index contributed by atoms with van der Waals surface area (Å²) in [4.78, 5) is 23.1. The Balaban J connectivity index is 1.66. The molecule has 6 heteroatoms. The number of carbonyl (C=O) groups excluding carboxylic acids is 1. The molecule has 158 valence electrons. The molecule has 3 rings (SSSR count). The quantitative estimate of drug-likeness (QED) is 0.648. The molecule has 1 aromatic carbocycles. The molecule has 0 saturated carbocycles. The predicted octanol–water partition coefficient (Wildman–Crippen LogP) is 4.47. The summed E-state index contributed by atoms with van der Waals surface area (Å²) < 4.78 is 11.4. The number of aliphatic imine (C=N–C) groups is 1. The van der Waals surface area contributed by atoms with Crippen molar-refractivity contribution in [1.29, 1.82) is 0 Å². The smallest absolute Gasteiger partial charge is 0.300 e. The lowest BCUT2D eigenvalue weighted by Crippen LogP contribution is -2.46. The Labute approximate surface area is 178 Å². The second-order valence-corrected chi connectivity index (χ2v) is 7.43. The minimum atomic E-state index is -0.203. The fraction of sp³-hybridized carbons (Fsp3) is 0.375. The minimum Gasteiger partial charge on any atom is -0.484 e. The lowest BCUT2D eigenvalue weighted by Gasteiger charge is -2.28. The fourth-order valence-electron chi connectivity index (χ4n) is 3.16. The van der Waals surface area contributed by atoms with Crippen LogP contribution in [-0.4, -0.2) is 41.1 Å². The maximum Gasteiger partial charge on any atom is 0.300 e. The zero-order valence-electron chi connectivity index (χ0n) is 17.9. The van der Waals surface area contributed by atoms with Crippen LogP contribution in [0.25, 0.3) is 5.70 Å². The highest BCUT2D eigenvalue weighted by Gasteiger charge is 2.26. The van der Waals surface area contributed by atoms with Gasteiger partial charge in [0.05, 0.1) is 5.70 Å². The highest BCUT2D eigenvalue weighted by atomic mass is 16.5. The number of amidine groups is 1. The zero-order valence-corrected chi connectivity index (χ0v) is 17.9. The molecule has 2 aromatic rings. The van der Waals surface area contributed by atoms with Crippen molar-refractivity contribution in [3.63, 3.8) is 0 Å². The standard InChI is InChI=1S/C24H29N3O3/c1-4-5-7-19-9-11-21(12-10-19)30-17-23(28)27(18(2)3)24-26-22(13-15-29-24)20-8-6-14-25-16-20/h6,8-14,16,18H,4-5,7,15,17H2,1-3H3. The van der Waals surface area contributed by atoms with E-state index in [-0.39, 0.29) is 24.6 Å². The molecule has 0 spiro atoms. The Morgan fingerprint density at radius 1 is 1.23 bits per heavy atom. The third-order valence-electron chi connectivity index (χ3n) is 4.76. The van der Waals surface area contributed by atoms with Crippen molar-refractivity contribution in [2.75, 3.05) is 13.2 Å². The van der Waals surface area contributed by atoms with Gasteiger partial charge in [-0.2, -0.15) is 4.99 Å². The van der Waals surface area contributed by atoms with Crippen LogP contribution in [0.5, 0.6) is 5.75 Å². The van der Waals surface area contributed by atoms with Crippen LogP contribution in [-0.2, 0) is 16.0 Å². The van der Waals surface area contributed by atoms with Crippen LogP contribution in [0, 0.1) is 0 Å². The van der Waals surface area contributed by atoms with Crippen molar-refractivity contribution in [1.82, 2.24) is 9.88 Å². The van der Waals surface area contributed by atoms with Gasteiger partial charge in [-0.25, -0.2) is 0 Å². The number of amides is 1. The highest BCUT2D eigenvalue weighted by molar-refractivity contribution is 5.98. The van der Waals surface area contributed by atoms with Gasteiger partial charge in [-0.15, -0.1) is 0 Å². The van der Waals surface area contributed by atoms with Gasteiger partial charge in [0.15, 0.2) is 6.61 Å². The first-order valence-corrected chi connectivity index (χ1v) is 10.4. The van der Waals surface area contributed by atoms with E-state index in [1.165, 1.54) is 18.4 Å². The van der Waals surface area contributed by atoms with E-state index in [9.17, 15) is 4.79 Å². The van der Waals surface area contributed by atoms with Gasteiger partial charge in [-0.1, -0.05) is 25.5 Å². The van der Waals surface area contributed by atoms with Crippen LogP contribution in [0.4, 0.5) is 0 Å². The maximum absolute atomic E-state index is 12.9. The monoisotopic (exact) mass is 407 g/mol. The molecule has 0 saturated heterocycles. The molecular weight excluding hydrogens is 378 g/mol. The minimum absolute atomic E-state index is 0.0825. The third kappa shape index (κ3) is 5.69. The van der Waals surface area contributed by atoms with Crippen molar-refractivity contribution in [3.05, 3.63) is 66.0 Å². The number of aryl methyl sites for hydroxylation is 1. The number of pyridine rings is 1. The number of rotatable bonds is 8. The number of hydrogen-bond donors (Lipinski definition) is 0. The summed E-state index contributed by atoms with van der Waals surface area (Å²) in [6.07, 6.45) is 8.72. The summed E-state index contributed by atoms with van der Waals surface area (Å²) in [6, 6.07) is 11.9. The Bertz CT molecular complexity index is 890. The number of nitrogens with zero attached hydrogens (tertiary/aromatic N) is 3. The SMILES string of the molecule is CCCCc1ccc(OCC(=O)N(C2=NC(c3cccnc3)=CCO2)C(C)C)cc1. The fourth-order valence-corrected chi connectivity index (χ4v) is 3.16. The van der Waals surface area contributed by atoms with E-state index >= 15 is 0 Å². The summed E-state index contributed by atoms with van der Waals surface area (Å²) in [5, 5.41) is 0. The van der Waals surface area contributed by atoms with Crippen LogP contribution in [0.2, 0.25) is 0 Å². The van der Waals surface area contributed by atoms with Crippen molar-refractivity contribution in [2.24, 2.45) is 4.99 Å². The third-order valence-corrected chi connectivity index (χ3v) is 4.76. The molecule has 0 radical (unpaired) electrons. The van der Waals surface area contributed by atoms with E-state index in [1.807, 2.05) is 44.2 Å². The van der Waals surface area contributed by atoms with Crippen LogP contribution in [0.15, 0.2) is 59.9 Å².